The largest absolute Gasteiger partial charge is 1.00 e. The van der Waals surface area contributed by atoms with E-state index in [1.807, 2.05) is 66.8 Å². The molecular weight excluding hydrogens is 580 g/mol. The maximum absolute atomic E-state index is 12.0. The van der Waals surface area contributed by atoms with E-state index in [1.165, 1.54) is 6.92 Å². The van der Waals surface area contributed by atoms with Gasteiger partial charge in [-0.1, -0.05) is 36.4 Å². The molecule has 208 valence electrons. The van der Waals surface area contributed by atoms with Crippen molar-refractivity contribution in [2.24, 2.45) is 0 Å². The van der Waals surface area contributed by atoms with Gasteiger partial charge in [0.05, 0.1) is 27.6 Å². The van der Waals surface area contributed by atoms with Gasteiger partial charge in [0.25, 0.3) is 0 Å². The molecule has 40 heavy (non-hydrogen) atoms. The van der Waals surface area contributed by atoms with E-state index in [9.17, 15) is 23.0 Å². The monoisotopic (exact) mass is 610 g/mol. The average molecular weight is 611 g/mol. The zero-order chi connectivity index (χ0) is 28.5. The topological polar surface area (TPSA) is 122 Å². The summed E-state index contributed by atoms with van der Waals surface area (Å²) in [6.45, 7) is 6.16. The Labute approximate surface area is 282 Å². The third kappa shape index (κ3) is 9.84. The average Bonchev–Trinajstić information content (AvgIpc) is 3.10. The molecule has 0 fully saturated rings. The molecule has 2 aromatic rings. The number of hydrogen-bond donors (Lipinski definition) is 0. The standard InChI is InChI=1S/C28H32N2O7S2.K/c1-22(31)29(23-13-7-6-8-14-23)18-10-5-4-9-15-27-28(2,3)25-21-24(38-37-36-32)16-17-26(25)30(27)19-11-12-20-39(33,34)35;/h4-10,13-18,21H,11-12,19-20H2,1-3H3,(H-,32,33,34,35);/q;+1/p-1. The summed E-state index contributed by atoms with van der Waals surface area (Å²) in [5.74, 6) is -0.507. The molecular formula is C28H31KN2O7S2. The quantitative estimate of drug-likeness (QED) is 0.0487. The van der Waals surface area contributed by atoms with Gasteiger partial charge in [-0.05, 0) is 50.6 Å². The molecule has 1 aliphatic rings. The molecule has 12 heteroatoms. The zero-order valence-electron chi connectivity index (χ0n) is 23.0. The number of nitrogens with zero attached hydrogens (tertiary/aromatic N) is 2. The maximum Gasteiger partial charge on any atom is 1.00 e. The Bertz CT molecular complexity index is 1390. The van der Waals surface area contributed by atoms with Crippen LogP contribution in [0.15, 0.2) is 90.0 Å². The van der Waals surface area contributed by atoms with E-state index in [0.717, 1.165) is 34.7 Å². The molecule has 9 nitrogen and oxygen atoms in total. The number of amides is 1. The van der Waals surface area contributed by atoms with E-state index in [1.54, 1.807) is 23.2 Å². The summed E-state index contributed by atoms with van der Waals surface area (Å²) < 4.78 is 39.7. The van der Waals surface area contributed by atoms with Crippen molar-refractivity contribution in [2.75, 3.05) is 17.2 Å². The third-order valence-electron chi connectivity index (χ3n) is 6.24. The first kappa shape index (κ1) is 34.8. The molecule has 0 aliphatic carbocycles. The van der Waals surface area contributed by atoms with Crippen LogP contribution in [0, 0.1) is 0 Å². The van der Waals surface area contributed by atoms with E-state index < -0.39 is 21.3 Å². The summed E-state index contributed by atoms with van der Waals surface area (Å²) in [4.78, 5) is 14.3. The van der Waals surface area contributed by atoms with Gasteiger partial charge in [-0.2, -0.15) is 8.91 Å². The maximum atomic E-state index is 12.0. The fourth-order valence-electron chi connectivity index (χ4n) is 4.42. The van der Waals surface area contributed by atoms with E-state index in [4.69, 9.17) is 0 Å². The van der Waals surface area contributed by atoms with Crippen LogP contribution in [0.1, 0.15) is 39.2 Å². The van der Waals surface area contributed by atoms with Crippen molar-refractivity contribution in [3.8, 4) is 0 Å². The number of unbranched alkanes of at least 4 members (excludes halogenated alkanes) is 1. The second-order valence-electron chi connectivity index (χ2n) is 9.34. The molecule has 0 atom stereocenters. The second-order valence-corrected chi connectivity index (χ2v) is 11.6. The molecule has 0 saturated carbocycles. The van der Waals surface area contributed by atoms with Crippen molar-refractivity contribution < 1.29 is 88.4 Å². The minimum atomic E-state index is -4.27. The Morgan fingerprint density at radius 2 is 1.77 bits per heavy atom. The van der Waals surface area contributed by atoms with Crippen LogP contribution in [0.25, 0.3) is 0 Å². The van der Waals surface area contributed by atoms with Gasteiger partial charge < -0.3 is 9.81 Å². The number of anilines is 1. The Hall–Kier alpha value is -1.42. The molecule has 1 heterocycles. The zero-order valence-corrected chi connectivity index (χ0v) is 27.7. The van der Waals surface area contributed by atoms with Gasteiger partial charge in [0.2, 0.25) is 11.6 Å². The first-order valence-corrected chi connectivity index (χ1v) is 14.6. The molecule has 0 spiro atoms. The van der Waals surface area contributed by atoms with Crippen molar-refractivity contribution in [1.82, 2.24) is 0 Å². The molecule has 0 aromatic heterocycles. The molecule has 3 rings (SSSR count). The number of allylic oxidation sites excluding steroid dienone is 5. The smallest absolute Gasteiger partial charge is 0.748 e. The fraction of sp³-hybridized carbons (Fsp3) is 0.286. The van der Waals surface area contributed by atoms with Crippen LogP contribution in [-0.4, -0.2) is 41.5 Å². The second kappa shape index (κ2) is 16.3. The van der Waals surface area contributed by atoms with Crippen LogP contribution in [0.5, 0.6) is 0 Å². The number of hydrogen-bond acceptors (Lipinski definition) is 8. The summed E-state index contributed by atoms with van der Waals surface area (Å²) in [7, 11) is -4.27. The number of rotatable bonds is 13. The summed E-state index contributed by atoms with van der Waals surface area (Å²) in [5, 5.41) is 13.7. The Balaban J connectivity index is 0.00000560. The van der Waals surface area contributed by atoms with Crippen LogP contribution in [-0.2, 0) is 29.7 Å². The molecule has 1 amide bonds. The van der Waals surface area contributed by atoms with Crippen molar-refractivity contribution in [1.29, 1.82) is 0 Å². The van der Waals surface area contributed by atoms with Crippen molar-refractivity contribution in [2.45, 2.75) is 43.9 Å². The van der Waals surface area contributed by atoms with Crippen LogP contribution in [0.4, 0.5) is 11.4 Å². The number of fused-ring (bicyclic) bond motifs is 1. The summed E-state index contributed by atoms with van der Waals surface area (Å²) >= 11 is 0.815. The molecule has 1 aliphatic heterocycles. The minimum absolute atomic E-state index is 0. The number of benzene rings is 2. The number of carbonyl (C=O) groups is 1. The van der Waals surface area contributed by atoms with Gasteiger partial charge in [0, 0.05) is 53.6 Å². The molecule has 2 aromatic carbocycles. The van der Waals surface area contributed by atoms with Gasteiger partial charge >= 0.3 is 51.4 Å². The normalized spacial score (nSPS) is 14.7. The van der Waals surface area contributed by atoms with Gasteiger partial charge in [0.15, 0.2) is 5.71 Å². The summed E-state index contributed by atoms with van der Waals surface area (Å²) in [6.07, 6.45) is 11.8. The first-order valence-electron chi connectivity index (χ1n) is 12.3. The molecule has 0 unspecified atom stereocenters. The SMILES string of the molecule is CC(=O)N(/C=C/C=C/C=C/C1=[N+](CCCCS(=O)(=O)[O-])c2ccc(SOO[O-])cc2C1(C)C)c1ccccc1.[K+]. The minimum Gasteiger partial charge on any atom is -0.748 e. The Kier molecular flexibility index (Phi) is 14.1. The molecule has 0 N–H and O–H groups in total. The van der Waals surface area contributed by atoms with Crippen molar-refractivity contribution in [3.05, 3.63) is 90.7 Å². The van der Waals surface area contributed by atoms with Gasteiger partial charge in [-0.25, -0.2) is 8.42 Å². The fourth-order valence-corrected chi connectivity index (χ4v) is 5.38. The summed E-state index contributed by atoms with van der Waals surface area (Å²) in [6, 6.07) is 15.0. The van der Waals surface area contributed by atoms with E-state index in [2.05, 4.69) is 27.8 Å². The third-order valence-corrected chi connectivity index (χ3v) is 7.60. The predicted molar refractivity (Wildman–Crippen MR) is 148 cm³/mol. The first-order chi connectivity index (χ1) is 18.5. The van der Waals surface area contributed by atoms with E-state index >= 15 is 0 Å². The Morgan fingerprint density at radius 3 is 2.42 bits per heavy atom. The van der Waals surface area contributed by atoms with E-state index in [-0.39, 0.29) is 63.7 Å². The van der Waals surface area contributed by atoms with Gasteiger partial charge in [-0.3, -0.25) is 14.7 Å². The van der Waals surface area contributed by atoms with Crippen LogP contribution in [0.3, 0.4) is 0 Å². The van der Waals surface area contributed by atoms with E-state index in [0.29, 0.717) is 17.9 Å². The van der Waals surface area contributed by atoms with Crippen molar-refractivity contribution >= 4 is 45.2 Å². The van der Waals surface area contributed by atoms with Gasteiger partial charge in [0.1, 0.15) is 6.54 Å². The van der Waals surface area contributed by atoms with Crippen LogP contribution >= 0.6 is 12.0 Å². The van der Waals surface area contributed by atoms with Crippen LogP contribution in [0.2, 0.25) is 0 Å². The molecule has 0 bridgehead atoms. The Morgan fingerprint density at radius 1 is 1.07 bits per heavy atom. The molecule has 0 saturated heterocycles. The molecule has 0 radical (unpaired) electrons. The number of carbonyl (C=O) groups excluding carboxylic acids is 1. The predicted octanol–water partition coefficient (Wildman–Crippen LogP) is 1.30. The van der Waals surface area contributed by atoms with Crippen LogP contribution < -0.4 is 61.5 Å². The number of para-hydroxylation sites is 1. The van der Waals surface area contributed by atoms with Crippen molar-refractivity contribution in [3.63, 3.8) is 0 Å². The van der Waals surface area contributed by atoms with Gasteiger partial charge in [-0.15, -0.1) is 0 Å². The summed E-state index contributed by atoms with van der Waals surface area (Å²) in [5.41, 5.74) is 3.28.